The van der Waals surface area contributed by atoms with Gasteiger partial charge >= 0.3 is 0 Å². The van der Waals surface area contributed by atoms with Crippen molar-refractivity contribution in [1.82, 2.24) is 15.1 Å². The minimum atomic E-state index is -0.355. The third kappa shape index (κ3) is 3.61. The summed E-state index contributed by atoms with van der Waals surface area (Å²) in [6.45, 7) is 9.29. The second-order valence-electron chi connectivity index (χ2n) is 6.34. The Balaban J connectivity index is 1.78. The van der Waals surface area contributed by atoms with Gasteiger partial charge in [-0.25, -0.2) is 0 Å². The maximum atomic E-state index is 9.33. The van der Waals surface area contributed by atoms with E-state index >= 15 is 0 Å². The van der Waals surface area contributed by atoms with Crippen molar-refractivity contribution < 1.29 is 0 Å². The molecule has 1 aliphatic rings. The van der Waals surface area contributed by atoms with Crippen LogP contribution in [0.25, 0.3) is 0 Å². The first-order chi connectivity index (χ1) is 9.45. The number of aryl methyl sites for hydroxylation is 2. The van der Waals surface area contributed by atoms with Gasteiger partial charge in [-0.1, -0.05) is 0 Å². The second kappa shape index (κ2) is 5.97. The van der Waals surface area contributed by atoms with Crippen molar-refractivity contribution in [3.63, 3.8) is 0 Å². The van der Waals surface area contributed by atoms with Crippen LogP contribution in [0.3, 0.4) is 0 Å². The Morgan fingerprint density at radius 3 is 2.55 bits per heavy atom. The summed E-state index contributed by atoms with van der Waals surface area (Å²) >= 11 is 0. The summed E-state index contributed by atoms with van der Waals surface area (Å²) in [6, 6.07) is 3.02. The number of nitriles is 1. The van der Waals surface area contributed by atoms with E-state index in [1.54, 1.807) is 0 Å². The molecule has 1 atom stereocenters. The molecular formula is C16H26N4. The summed E-state index contributed by atoms with van der Waals surface area (Å²) in [5.41, 5.74) is 3.33. The van der Waals surface area contributed by atoms with Crippen molar-refractivity contribution in [2.75, 3.05) is 0 Å². The minimum absolute atomic E-state index is 0.355. The van der Waals surface area contributed by atoms with Gasteiger partial charge in [0.25, 0.3) is 0 Å². The highest BCUT2D eigenvalue weighted by molar-refractivity contribution is 5.22. The molecule has 0 bridgehead atoms. The molecule has 0 amide bonds. The van der Waals surface area contributed by atoms with Crippen LogP contribution in [-0.4, -0.2) is 21.4 Å². The fourth-order valence-corrected chi connectivity index (χ4v) is 2.58. The Hall–Kier alpha value is -1.34. The SMILES string of the molecule is Cc1nn(CCCCC(C)(C#N)NC2CC2)c(C)c1C. The van der Waals surface area contributed by atoms with Crippen LogP contribution in [0.4, 0.5) is 0 Å². The van der Waals surface area contributed by atoms with E-state index in [0.29, 0.717) is 6.04 Å². The first-order valence-electron chi connectivity index (χ1n) is 7.65. The fraction of sp³-hybridized carbons (Fsp3) is 0.750. The van der Waals surface area contributed by atoms with E-state index in [2.05, 4.69) is 41.9 Å². The Morgan fingerprint density at radius 1 is 1.35 bits per heavy atom. The van der Waals surface area contributed by atoms with Crippen molar-refractivity contribution >= 4 is 0 Å². The molecule has 1 N–H and O–H groups in total. The van der Waals surface area contributed by atoms with Gasteiger partial charge in [0.05, 0.1) is 11.8 Å². The van der Waals surface area contributed by atoms with E-state index in [-0.39, 0.29) is 5.54 Å². The van der Waals surface area contributed by atoms with Crippen LogP contribution in [0.15, 0.2) is 0 Å². The van der Waals surface area contributed by atoms with Crippen LogP contribution >= 0.6 is 0 Å². The van der Waals surface area contributed by atoms with E-state index in [1.807, 2.05) is 6.92 Å². The average molecular weight is 274 g/mol. The molecule has 1 saturated carbocycles. The van der Waals surface area contributed by atoms with E-state index < -0.39 is 0 Å². The molecule has 2 rings (SSSR count). The Labute approximate surface area is 122 Å². The minimum Gasteiger partial charge on any atom is -0.297 e. The lowest BCUT2D eigenvalue weighted by atomic mass is 9.96. The smallest absolute Gasteiger partial charge is 0.104 e. The molecule has 1 heterocycles. The number of aromatic nitrogens is 2. The summed E-state index contributed by atoms with van der Waals surface area (Å²) in [5.74, 6) is 0. The van der Waals surface area contributed by atoms with Crippen molar-refractivity contribution in [2.24, 2.45) is 0 Å². The molecule has 1 aromatic heterocycles. The zero-order chi connectivity index (χ0) is 14.8. The predicted molar refractivity (Wildman–Crippen MR) is 80.5 cm³/mol. The number of rotatable bonds is 7. The van der Waals surface area contributed by atoms with Gasteiger partial charge in [-0.05, 0) is 65.4 Å². The third-order valence-corrected chi connectivity index (χ3v) is 4.39. The zero-order valence-electron chi connectivity index (χ0n) is 13.2. The van der Waals surface area contributed by atoms with Crippen LogP contribution in [-0.2, 0) is 6.54 Å². The molecule has 0 aromatic carbocycles. The molecular weight excluding hydrogens is 248 g/mol. The molecule has 0 saturated heterocycles. The van der Waals surface area contributed by atoms with Gasteiger partial charge in [0.15, 0.2) is 0 Å². The second-order valence-corrected chi connectivity index (χ2v) is 6.34. The molecule has 110 valence electrons. The number of nitrogens with zero attached hydrogens (tertiary/aromatic N) is 3. The lowest BCUT2D eigenvalue weighted by Gasteiger charge is -2.23. The highest BCUT2D eigenvalue weighted by Gasteiger charge is 2.31. The largest absolute Gasteiger partial charge is 0.297 e. The number of unbranched alkanes of at least 4 members (excludes halogenated alkanes) is 1. The molecule has 20 heavy (non-hydrogen) atoms. The summed E-state index contributed by atoms with van der Waals surface area (Å²) < 4.78 is 2.10. The maximum Gasteiger partial charge on any atom is 0.104 e. The maximum absolute atomic E-state index is 9.33. The Morgan fingerprint density at radius 2 is 2.05 bits per heavy atom. The molecule has 1 fully saturated rings. The van der Waals surface area contributed by atoms with E-state index in [4.69, 9.17) is 0 Å². The van der Waals surface area contributed by atoms with Crippen LogP contribution in [0, 0.1) is 32.1 Å². The van der Waals surface area contributed by atoms with Crippen molar-refractivity contribution in [3.8, 4) is 6.07 Å². The number of hydrogen-bond donors (Lipinski definition) is 1. The van der Waals surface area contributed by atoms with Gasteiger partial charge in [-0.2, -0.15) is 10.4 Å². The highest BCUT2D eigenvalue weighted by atomic mass is 15.3. The molecule has 0 aliphatic heterocycles. The van der Waals surface area contributed by atoms with Crippen LogP contribution in [0.5, 0.6) is 0 Å². The molecule has 1 aromatic rings. The number of hydrogen-bond acceptors (Lipinski definition) is 3. The predicted octanol–water partition coefficient (Wildman–Crippen LogP) is 3.01. The Bertz CT molecular complexity index is 507. The molecule has 0 radical (unpaired) electrons. The van der Waals surface area contributed by atoms with Crippen LogP contribution in [0.2, 0.25) is 0 Å². The first-order valence-corrected chi connectivity index (χ1v) is 7.65. The zero-order valence-corrected chi connectivity index (χ0v) is 13.2. The van der Waals surface area contributed by atoms with Gasteiger partial charge in [-0.3, -0.25) is 10.00 Å². The van der Waals surface area contributed by atoms with Crippen molar-refractivity contribution in [1.29, 1.82) is 5.26 Å². The normalized spacial score (nSPS) is 17.8. The fourth-order valence-electron chi connectivity index (χ4n) is 2.58. The lowest BCUT2D eigenvalue weighted by molar-refractivity contribution is 0.388. The molecule has 4 heteroatoms. The highest BCUT2D eigenvalue weighted by Crippen LogP contribution is 2.25. The van der Waals surface area contributed by atoms with Crippen molar-refractivity contribution in [2.45, 2.75) is 77.9 Å². The molecule has 4 nitrogen and oxygen atoms in total. The van der Waals surface area contributed by atoms with Crippen LogP contribution < -0.4 is 5.32 Å². The standard InChI is InChI=1S/C16H26N4/c1-12-13(2)19-20(14(12)3)10-6-5-9-16(4,11-17)18-15-7-8-15/h15,18H,5-10H2,1-4H3. The average Bonchev–Trinajstić information content (AvgIpc) is 3.19. The van der Waals surface area contributed by atoms with E-state index in [0.717, 1.165) is 31.5 Å². The Kier molecular flexibility index (Phi) is 4.49. The van der Waals surface area contributed by atoms with Gasteiger partial charge in [-0.15, -0.1) is 0 Å². The molecule has 0 spiro atoms. The lowest BCUT2D eigenvalue weighted by Crippen LogP contribution is -2.42. The number of nitrogens with one attached hydrogen (secondary N) is 1. The van der Waals surface area contributed by atoms with E-state index in [1.165, 1.54) is 24.1 Å². The van der Waals surface area contributed by atoms with Crippen LogP contribution in [0.1, 0.15) is 56.0 Å². The third-order valence-electron chi connectivity index (χ3n) is 4.39. The monoisotopic (exact) mass is 274 g/mol. The quantitative estimate of drug-likeness (QED) is 0.778. The molecule has 1 aliphatic carbocycles. The van der Waals surface area contributed by atoms with Gasteiger partial charge in [0.1, 0.15) is 5.54 Å². The first kappa shape index (κ1) is 15.1. The van der Waals surface area contributed by atoms with E-state index in [9.17, 15) is 5.26 Å². The van der Waals surface area contributed by atoms with Gasteiger partial charge in [0.2, 0.25) is 0 Å². The topological polar surface area (TPSA) is 53.6 Å². The summed E-state index contributed by atoms with van der Waals surface area (Å²) in [4.78, 5) is 0. The summed E-state index contributed by atoms with van der Waals surface area (Å²) in [5, 5.41) is 17.3. The summed E-state index contributed by atoms with van der Waals surface area (Å²) in [6.07, 6.45) is 5.50. The molecule has 1 unspecified atom stereocenters. The van der Waals surface area contributed by atoms with Gasteiger partial charge < -0.3 is 0 Å². The summed E-state index contributed by atoms with van der Waals surface area (Å²) in [7, 11) is 0. The van der Waals surface area contributed by atoms with Gasteiger partial charge in [0, 0.05) is 18.3 Å². The van der Waals surface area contributed by atoms with Crippen molar-refractivity contribution in [3.05, 3.63) is 17.0 Å².